The van der Waals surface area contributed by atoms with E-state index in [2.05, 4.69) is 0 Å². The lowest BCUT2D eigenvalue weighted by Gasteiger charge is -2.08. The molecule has 0 bridgehead atoms. The number of benzene rings is 1. The van der Waals surface area contributed by atoms with Gasteiger partial charge in [-0.1, -0.05) is 19.1 Å². The van der Waals surface area contributed by atoms with Crippen molar-refractivity contribution in [3.63, 3.8) is 0 Å². The molecule has 1 rings (SSSR count). The predicted octanol–water partition coefficient (Wildman–Crippen LogP) is 2.39. The quantitative estimate of drug-likeness (QED) is 0.710. The molecular formula is C11H14O2. The van der Waals surface area contributed by atoms with Crippen LogP contribution in [0, 0.1) is 0 Å². The average Bonchev–Trinajstić information content (AvgIpc) is 2.16. The fraction of sp³-hybridized carbons (Fsp3) is 0.364. The Bertz CT molecular complexity index is 305. The minimum Gasteiger partial charge on any atom is -0.497 e. The van der Waals surface area contributed by atoms with Crippen molar-refractivity contribution in [2.75, 3.05) is 7.11 Å². The van der Waals surface area contributed by atoms with E-state index in [1.807, 2.05) is 31.2 Å². The van der Waals surface area contributed by atoms with Crippen LogP contribution in [0.25, 0.3) is 0 Å². The van der Waals surface area contributed by atoms with Gasteiger partial charge in [0.1, 0.15) is 11.5 Å². The predicted molar refractivity (Wildman–Crippen MR) is 52.1 cm³/mol. The molecule has 0 aliphatic heterocycles. The Morgan fingerprint density at radius 2 is 2.15 bits per heavy atom. The maximum atomic E-state index is 11.1. The largest absolute Gasteiger partial charge is 0.497 e. The molecule has 0 saturated heterocycles. The number of methoxy groups -OCH3 is 1. The molecule has 0 radical (unpaired) electrons. The van der Waals surface area contributed by atoms with Crippen molar-refractivity contribution in [3.8, 4) is 5.75 Å². The van der Waals surface area contributed by atoms with Crippen molar-refractivity contribution in [1.29, 1.82) is 0 Å². The zero-order chi connectivity index (χ0) is 9.84. The van der Waals surface area contributed by atoms with Crippen LogP contribution in [0.2, 0.25) is 0 Å². The van der Waals surface area contributed by atoms with Gasteiger partial charge in [0.15, 0.2) is 0 Å². The summed E-state index contributed by atoms with van der Waals surface area (Å²) in [5, 5.41) is 0. The molecule has 0 saturated carbocycles. The van der Waals surface area contributed by atoms with Crippen LogP contribution in [0.15, 0.2) is 24.3 Å². The lowest BCUT2D eigenvalue weighted by Crippen LogP contribution is -2.03. The van der Waals surface area contributed by atoms with Crippen molar-refractivity contribution in [2.45, 2.75) is 19.8 Å². The Morgan fingerprint density at radius 1 is 1.46 bits per heavy atom. The van der Waals surface area contributed by atoms with E-state index in [0.717, 1.165) is 11.3 Å². The molecule has 1 aromatic carbocycles. The SMILES string of the molecule is COc1cccc(C(C)C(C)=O)c1. The van der Waals surface area contributed by atoms with Gasteiger partial charge in [0.25, 0.3) is 0 Å². The molecule has 0 aliphatic carbocycles. The highest BCUT2D eigenvalue weighted by Crippen LogP contribution is 2.20. The Balaban J connectivity index is 2.94. The Labute approximate surface area is 78.5 Å². The molecule has 0 spiro atoms. The van der Waals surface area contributed by atoms with Crippen LogP contribution in [-0.4, -0.2) is 12.9 Å². The van der Waals surface area contributed by atoms with E-state index in [9.17, 15) is 4.79 Å². The second kappa shape index (κ2) is 4.08. The van der Waals surface area contributed by atoms with Crippen molar-refractivity contribution in [3.05, 3.63) is 29.8 Å². The van der Waals surface area contributed by atoms with Crippen LogP contribution in [-0.2, 0) is 4.79 Å². The first kappa shape index (κ1) is 9.78. The highest BCUT2D eigenvalue weighted by atomic mass is 16.5. The summed E-state index contributed by atoms with van der Waals surface area (Å²) in [4.78, 5) is 11.1. The van der Waals surface area contributed by atoms with Gasteiger partial charge in [-0.3, -0.25) is 4.79 Å². The fourth-order valence-electron chi connectivity index (χ4n) is 1.15. The number of hydrogen-bond acceptors (Lipinski definition) is 2. The zero-order valence-electron chi connectivity index (χ0n) is 8.20. The minimum absolute atomic E-state index is 0.0462. The van der Waals surface area contributed by atoms with E-state index < -0.39 is 0 Å². The van der Waals surface area contributed by atoms with Crippen molar-refractivity contribution in [2.24, 2.45) is 0 Å². The molecule has 0 aliphatic rings. The fourth-order valence-corrected chi connectivity index (χ4v) is 1.15. The van der Waals surface area contributed by atoms with Crippen LogP contribution >= 0.6 is 0 Å². The molecule has 1 unspecified atom stereocenters. The first-order chi connectivity index (χ1) is 6.15. The van der Waals surface area contributed by atoms with Gasteiger partial charge in [-0.2, -0.15) is 0 Å². The van der Waals surface area contributed by atoms with E-state index in [4.69, 9.17) is 4.74 Å². The normalized spacial score (nSPS) is 12.2. The summed E-state index contributed by atoms with van der Waals surface area (Å²) in [5.74, 6) is 0.925. The second-order valence-corrected chi connectivity index (χ2v) is 3.11. The molecule has 2 heteroatoms. The number of carbonyl (C=O) groups is 1. The van der Waals surface area contributed by atoms with Crippen molar-refractivity contribution < 1.29 is 9.53 Å². The van der Waals surface area contributed by atoms with Gasteiger partial charge in [-0.15, -0.1) is 0 Å². The lowest BCUT2D eigenvalue weighted by atomic mass is 9.98. The molecule has 0 aromatic heterocycles. The summed E-state index contributed by atoms with van der Waals surface area (Å²) in [5.41, 5.74) is 1.01. The van der Waals surface area contributed by atoms with Gasteiger partial charge in [0, 0.05) is 5.92 Å². The van der Waals surface area contributed by atoms with Gasteiger partial charge in [0.2, 0.25) is 0 Å². The van der Waals surface area contributed by atoms with Crippen LogP contribution in [0.5, 0.6) is 5.75 Å². The van der Waals surface area contributed by atoms with E-state index in [1.165, 1.54) is 0 Å². The molecule has 2 nitrogen and oxygen atoms in total. The van der Waals surface area contributed by atoms with E-state index in [0.29, 0.717) is 0 Å². The highest BCUT2D eigenvalue weighted by Gasteiger charge is 2.10. The van der Waals surface area contributed by atoms with Gasteiger partial charge >= 0.3 is 0 Å². The Kier molecular flexibility index (Phi) is 3.07. The number of rotatable bonds is 3. The molecule has 70 valence electrons. The standard InChI is InChI=1S/C11H14O2/c1-8(9(2)12)10-5-4-6-11(7-10)13-3/h4-8H,1-3H3. The number of ether oxygens (including phenoxy) is 1. The maximum absolute atomic E-state index is 11.1. The molecule has 1 aromatic rings. The summed E-state index contributed by atoms with van der Waals surface area (Å²) in [7, 11) is 1.62. The van der Waals surface area contributed by atoms with Gasteiger partial charge in [-0.05, 0) is 24.6 Å². The molecule has 1 atom stereocenters. The Hall–Kier alpha value is -1.31. The first-order valence-electron chi connectivity index (χ1n) is 4.29. The maximum Gasteiger partial charge on any atom is 0.136 e. The average molecular weight is 178 g/mol. The van der Waals surface area contributed by atoms with Gasteiger partial charge in [-0.25, -0.2) is 0 Å². The third kappa shape index (κ3) is 2.31. The molecule has 13 heavy (non-hydrogen) atoms. The van der Waals surface area contributed by atoms with Gasteiger partial charge in [0.05, 0.1) is 7.11 Å². The summed E-state index contributed by atoms with van der Waals surface area (Å²) < 4.78 is 5.07. The molecule has 0 heterocycles. The number of ketones is 1. The molecule has 0 N–H and O–H groups in total. The Morgan fingerprint density at radius 3 is 2.69 bits per heavy atom. The topological polar surface area (TPSA) is 26.3 Å². The smallest absolute Gasteiger partial charge is 0.136 e. The van der Waals surface area contributed by atoms with E-state index in [-0.39, 0.29) is 11.7 Å². The third-order valence-electron chi connectivity index (χ3n) is 2.20. The first-order valence-corrected chi connectivity index (χ1v) is 4.29. The van der Waals surface area contributed by atoms with E-state index >= 15 is 0 Å². The second-order valence-electron chi connectivity index (χ2n) is 3.11. The summed E-state index contributed by atoms with van der Waals surface area (Å²) in [6.45, 7) is 3.50. The molecular weight excluding hydrogens is 164 g/mol. The number of Topliss-reactive ketones (excluding diaryl/α,β-unsaturated/α-hetero) is 1. The van der Waals surface area contributed by atoms with Gasteiger partial charge < -0.3 is 4.74 Å². The summed E-state index contributed by atoms with van der Waals surface area (Å²) in [6, 6.07) is 7.60. The monoisotopic (exact) mass is 178 g/mol. The van der Waals surface area contributed by atoms with Crippen LogP contribution in [0.4, 0.5) is 0 Å². The van der Waals surface area contributed by atoms with Crippen LogP contribution in [0.3, 0.4) is 0 Å². The van der Waals surface area contributed by atoms with Crippen molar-refractivity contribution >= 4 is 5.78 Å². The molecule has 0 fully saturated rings. The zero-order valence-corrected chi connectivity index (χ0v) is 8.20. The van der Waals surface area contributed by atoms with Crippen LogP contribution in [0.1, 0.15) is 25.3 Å². The minimum atomic E-state index is -0.0462. The van der Waals surface area contributed by atoms with Crippen molar-refractivity contribution in [1.82, 2.24) is 0 Å². The summed E-state index contributed by atoms with van der Waals surface area (Å²) >= 11 is 0. The highest BCUT2D eigenvalue weighted by molar-refractivity contribution is 5.82. The third-order valence-corrected chi connectivity index (χ3v) is 2.20. The summed E-state index contributed by atoms with van der Waals surface area (Å²) in [6.07, 6.45) is 0. The number of hydrogen-bond donors (Lipinski definition) is 0. The van der Waals surface area contributed by atoms with Crippen LogP contribution < -0.4 is 4.74 Å². The van der Waals surface area contributed by atoms with E-state index in [1.54, 1.807) is 14.0 Å². The lowest BCUT2D eigenvalue weighted by molar-refractivity contribution is -0.118. The number of carbonyl (C=O) groups excluding carboxylic acids is 1. The molecule has 0 amide bonds.